The second-order valence-corrected chi connectivity index (χ2v) is 5.65. The SMILES string of the molecule is COc1cccc2c(NC3(C)CCNCC3)nccc12. The normalized spacial score (nSPS) is 17.9. The molecule has 20 heavy (non-hydrogen) atoms. The monoisotopic (exact) mass is 271 g/mol. The van der Waals surface area contributed by atoms with E-state index in [-0.39, 0.29) is 5.54 Å². The van der Waals surface area contributed by atoms with Crippen molar-refractivity contribution in [3.05, 3.63) is 30.5 Å². The minimum atomic E-state index is 0.107. The highest BCUT2D eigenvalue weighted by Gasteiger charge is 2.27. The summed E-state index contributed by atoms with van der Waals surface area (Å²) in [5.41, 5.74) is 0.107. The number of hydrogen-bond acceptors (Lipinski definition) is 4. The molecule has 3 rings (SSSR count). The standard InChI is InChI=1S/C16H21N3O/c1-16(7-10-17-11-8-16)19-15-13-4-3-5-14(20-2)12(13)6-9-18-15/h3-6,9,17H,7-8,10-11H2,1-2H3,(H,18,19). The first kappa shape index (κ1) is 13.2. The van der Waals surface area contributed by atoms with E-state index in [4.69, 9.17) is 4.74 Å². The van der Waals surface area contributed by atoms with Gasteiger partial charge < -0.3 is 15.4 Å². The summed E-state index contributed by atoms with van der Waals surface area (Å²) in [4.78, 5) is 4.53. The summed E-state index contributed by atoms with van der Waals surface area (Å²) in [5.74, 6) is 1.84. The molecule has 4 nitrogen and oxygen atoms in total. The average Bonchev–Trinajstić information content (AvgIpc) is 2.47. The molecule has 0 spiro atoms. The van der Waals surface area contributed by atoms with Gasteiger partial charge in [0.15, 0.2) is 0 Å². The molecule has 2 N–H and O–H groups in total. The predicted octanol–water partition coefficient (Wildman–Crippen LogP) is 2.80. The van der Waals surface area contributed by atoms with Crippen LogP contribution in [0.5, 0.6) is 5.75 Å². The number of nitrogens with zero attached hydrogens (tertiary/aromatic N) is 1. The van der Waals surface area contributed by atoms with Crippen molar-refractivity contribution >= 4 is 16.6 Å². The van der Waals surface area contributed by atoms with Crippen LogP contribution in [-0.2, 0) is 0 Å². The Kier molecular flexibility index (Phi) is 3.49. The van der Waals surface area contributed by atoms with E-state index in [9.17, 15) is 0 Å². The number of anilines is 1. The van der Waals surface area contributed by atoms with Crippen LogP contribution >= 0.6 is 0 Å². The van der Waals surface area contributed by atoms with Crippen molar-refractivity contribution in [1.82, 2.24) is 10.3 Å². The molecule has 1 fully saturated rings. The molecular formula is C16H21N3O. The van der Waals surface area contributed by atoms with Crippen molar-refractivity contribution in [3.63, 3.8) is 0 Å². The van der Waals surface area contributed by atoms with Gasteiger partial charge in [-0.15, -0.1) is 0 Å². The topological polar surface area (TPSA) is 46.2 Å². The predicted molar refractivity (Wildman–Crippen MR) is 82.4 cm³/mol. The van der Waals surface area contributed by atoms with Gasteiger partial charge in [0.05, 0.1) is 7.11 Å². The minimum absolute atomic E-state index is 0.107. The van der Waals surface area contributed by atoms with Gasteiger partial charge in [0, 0.05) is 22.5 Å². The fourth-order valence-corrected chi connectivity index (χ4v) is 2.85. The number of ether oxygens (including phenoxy) is 1. The second-order valence-electron chi connectivity index (χ2n) is 5.65. The van der Waals surface area contributed by atoms with Gasteiger partial charge in [0.25, 0.3) is 0 Å². The Morgan fingerprint density at radius 2 is 2.00 bits per heavy atom. The number of aromatic nitrogens is 1. The number of hydrogen-bond donors (Lipinski definition) is 2. The number of pyridine rings is 1. The van der Waals surface area contributed by atoms with Crippen LogP contribution in [0.4, 0.5) is 5.82 Å². The third-order valence-corrected chi connectivity index (χ3v) is 4.11. The summed E-state index contributed by atoms with van der Waals surface area (Å²) in [7, 11) is 1.70. The summed E-state index contributed by atoms with van der Waals surface area (Å²) in [6.45, 7) is 4.38. The summed E-state index contributed by atoms with van der Waals surface area (Å²) in [6, 6.07) is 8.10. The number of nitrogens with one attached hydrogen (secondary N) is 2. The molecule has 0 saturated carbocycles. The average molecular weight is 271 g/mol. The van der Waals surface area contributed by atoms with Gasteiger partial charge in [0.2, 0.25) is 0 Å². The van der Waals surface area contributed by atoms with Crippen LogP contribution in [0.3, 0.4) is 0 Å². The van der Waals surface area contributed by atoms with Gasteiger partial charge in [0.1, 0.15) is 11.6 Å². The zero-order valence-corrected chi connectivity index (χ0v) is 12.1. The van der Waals surface area contributed by atoms with Gasteiger partial charge in [-0.05, 0) is 45.0 Å². The molecule has 0 aliphatic carbocycles. The van der Waals surface area contributed by atoms with Crippen molar-refractivity contribution in [2.75, 3.05) is 25.5 Å². The molecule has 1 saturated heterocycles. The third kappa shape index (κ3) is 2.43. The lowest BCUT2D eigenvalue weighted by Crippen LogP contribution is -2.45. The molecule has 0 unspecified atom stereocenters. The van der Waals surface area contributed by atoms with Crippen molar-refractivity contribution in [2.45, 2.75) is 25.3 Å². The van der Waals surface area contributed by atoms with Crippen molar-refractivity contribution in [3.8, 4) is 5.75 Å². The van der Waals surface area contributed by atoms with Gasteiger partial charge in [-0.1, -0.05) is 12.1 Å². The van der Waals surface area contributed by atoms with E-state index < -0.39 is 0 Å². The molecule has 1 aliphatic heterocycles. The number of methoxy groups -OCH3 is 1. The zero-order chi connectivity index (χ0) is 14.0. The highest BCUT2D eigenvalue weighted by molar-refractivity contribution is 5.96. The molecule has 1 aromatic carbocycles. The molecular weight excluding hydrogens is 250 g/mol. The van der Waals surface area contributed by atoms with Crippen molar-refractivity contribution in [1.29, 1.82) is 0 Å². The van der Waals surface area contributed by atoms with E-state index in [2.05, 4.69) is 28.6 Å². The van der Waals surface area contributed by atoms with Gasteiger partial charge in [-0.25, -0.2) is 4.98 Å². The van der Waals surface area contributed by atoms with Crippen LogP contribution in [-0.4, -0.2) is 30.7 Å². The molecule has 0 bridgehead atoms. The molecule has 4 heteroatoms. The van der Waals surface area contributed by atoms with E-state index in [1.54, 1.807) is 7.11 Å². The van der Waals surface area contributed by atoms with Crippen LogP contribution in [0.2, 0.25) is 0 Å². The second kappa shape index (κ2) is 5.29. The molecule has 0 atom stereocenters. The largest absolute Gasteiger partial charge is 0.496 e. The smallest absolute Gasteiger partial charge is 0.134 e. The van der Waals surface area contributed by atoms with Gasteiger partial charge in [-0.2, -0.15) is 0 Å². The molecule has 0 amide bonds. The third-order valence-electron chi connectivity index (χ3n) is 4.11. The van der Waals surface area contributed by atoms with Crippen LogP contribution in [0.1, 0.15) is 19.8 Å². The summed E-state index contributed by atoms with van der Waals surface area (Å²) in [6.07, 6.45) is 4.06. The molecule has 2 heterocycles. The van der Waals surface area contributed by atoms with Crippen LogP contribution in [0, 0.1) is 0 Å². The van der Waals surface area contributed by atoms with Crippen molar-refractivity contribution < 1.29 is 4.74 Å². The first-order chi connectivity index (χ1) is 9.72. The van der Waals surface area contributed by atoms with E-state index in [0.717, 1.165) is 48.3 Å². The van der Waals surface area contributed by atoms with E-state index in [0.29, 0.717) is 0 Å². The molecule has 0 radical (unpaired) electrons. The lowest BCUT2D eigenvalue weighted by molar-refractivity contribution is 0.364. The summed E-state index contributed by atoms with van der Waals surface area (Å²) >= 11 is 0. The number of rotatable bonds is 3. The maximum absolute atomic E-state index is 5.43. The summed E-state index contributed by atoms with van der Waals surface area (Å²) in [5, 5.41) is 9.26. The number of benzene rings is 1. The van der Waals surface area contributed by atoms with Gasteiger partial charge >= 0.3 is 0 Å². The van der Waals surface area contributed by atoms with E-state index >= 15 is 0 Å². The highest BCUT2D eigenvalue weighted by atomic mass is 16.5. The maximum atomic E-state index is 5.43. The Balaban J connectivity index is 1.99. The lowest BCUT2D eigenvalue weighted by Gasteiger charge is -2.35. The van der Waals surface area contributed by atoms with E-state index in [1.165, 1.54) is 0 Å². The first-order valence-corrected chi connectivity index (χ1v) is 7.12. The Bertz CT molecular complexity index is 606. The molecule has 1 aromatic heterocycles. The molecule has 2 aromatic rings. The van der Waals surface area contributed by atoms with Gasteiger partial charge in [-0.3, -0.25) is 0 Å². The first-order valence-electron chi connectivity index (χ1n) is 7.12. The fraction of sp³-hybridized carbons (Fsp3) is 0.438. The van der Waals surface area contributed by atoms with E-state index in [1.807, 2.05) is 24.4 Å². The maximum Gasteiger partial charge on any atom is 0.134 e. The minimum Gasteiger partial charge on any atom is -0.496 e. The Morgan fingerprint density at radius 1 is 1.20 bits per heavy atom. The molecule has 1 aliphatic rings. The van der Waals surface area contributed by atoms with Crippen LogP contribution in [0.15, 0.2) is 30.5 Å². The Morgan fingerprint density at radius 3 is 2.75 bits per heavy atom. The number of fused-ring (bicyclic) bond motifs is 1. The Hall–Kier alpha value is -1.81. The Labute approximate surface area is 119 Å². The zero-order valence-electron chi connectivity index (χ0n) is 12.1. The summed E-state index contributed by atoms with van der Waals surface area (Å²) < 4.78 is 5.43. The van der Waals surface area contributed by atoms with Crippen LogP contribution < -0.4 is 15.4 Å². The lowest BCUT2D eigenvalue weighted by atomic mass is 9.90. The highest BCUT2D eigenvalue weighted by Crippen LogP contribution is 2.32. The fourth-order valence-electron chi connectivity index (χ4n) is 2.85. The molecule has 106 valence electrons. The number of piperidine rings is 1. The quantitative estimate of drug-likeness (QED) is 0.901. The van der Waals surface area contributed by atoms with Crippen LogP contribution in [0.25, 0.3) is 10.8 Å². The van der Waals surface area contributed by atoms with Crippen molar-refractivity contribution in [2.24, 2.45) is 0 Å².